The molecule has 2 amide bonds. The van der Waals surface area contributed by atoms with Crippen LogP contribution in [0.15, 0.2) is 45.5 Å². The fourth-order valence-electron chi connectivity index (χ4n) is 2.28. The number of hydrogen-bond acceptors (Lipinski definition) is 5. The van der Waals surface area contributed by atoms with Crippen molar-refractivity contribution in [2.45, 2.75) is 6.42 Å². The lowest BCUT2D eigenvalue weighted by atomic mass is 10.3. The molecule has 0 aliphatic rings. The Labute approximate surface area is 157 Å². The molecule has 0 atom stereocenters. The molecular formula is C17H16BrN3O3S. The number of aromatic nitrogens is 1. The summed E-state index contributed by atoms with van der Waals surface area (Å²) in [4.78, 5) is 30.2. The minimum Gasteiger partial charge on any atom is -0.444 e. The molecule has 0 saturated heterocycles. The minimum absolute atomic E-state index is 0.190. The topological polar surface area (TPSA) is 75.4 Å². The van der Waals surface area contributed by atoms with Gasteiger partial charge in [0.15, 0.2) is 15.4 Å². The number of thiazole rings is 1. The van der Waals surface area contributed by atoms with Gasteiger partial charge in [-0.05, 0) is 46.6 Å². The number of nitrogens with zero attached hydrogens (tertiary/aromatic N) is 2. The zero-order chi connectivity index (χ0) is 17.8. The summed E-state index contributed by atoms with van der Waals surface area (Å²) in [5.74, 6) is -0.0961. The van der Waals surface area contributed by atoms with E-state index in [9.17, 15) is 9.59 Å². The molecule has 130 valence electrons. The Morgan fingerprint density at radius 2 is 2.08 bits per heavy atom. The van der Waals surface area contributed by atoms with Gasteiger partial charge in [0.2, 0.25) is 0 Å². The molecule has 3 aromatic rings. The van der Waals surface area contributed by atoms with Gasteiger partial charge in [-0.1, -0.05) is 12.1 Å². The molecule has 0 saturated carbocycles. The van der Waals surface area contributed by atoms with Crippen LogP contribution in [0, 0.1) is 0 Å². The smallest absolute Gasteiger partial charge is 0.289 e. The Bertz CT molecular complexity index is 872. The van der Waals surface area contributed by atoms with Crippen molar-refractivity contribution < 1.29 is 14.0 Å². The predicted molar refractivity (Wildman–Crippen MR) is 99.9 cm³/mol. The number of carbonyl (C=O) groups is 2. The zero-order valence-electron chi connectivity index (χ0n) is 13.5. The van der Waals surface area contributed by atoms with Crippen LogP contribution in [0.5, 0.6) is 0 Å². The average Bonchev–Trinajstić information content (AvgIpc) is 3.23. The molecule has 1 aromatic carbocycles. The number of carbonyl (C=O) groups excluding carboxylic acids is 2. The number of amides is 2. The molecule has 1 N–H and O–H groups in total. The molecule has 0 spiro atoms. The van der Waals surface area contributed by atoms with Crippen LogP contribution in [-0.2, 0) is 0 Å². The summed E-state index contributed by atoms with van der Waals surface area (Å²) in [6.07, 6.45) is 0.640. The molecule has 6 nitrogen and oxygen atoms in total. The maximum atomic E-state index is 12.2. The summed E-state index contributed by atoms with van der Waals surface area (Å²) in [5.41, 5.74) is 0.826. The predicted octanol–water partition coefficient (Wildman–Crippen LogP) is 3.54. The standard InChI is InChI=1S/C17H16BrN3O3S/c1-21(17(23)12-7-8-14(18)24-12)10-4-9-19-15(22)16-20-11-5-2-3-6-13(11)25-16/h2-3,5-8H,4,9-10H2,1H3,(H,19,22). The number of nitrogens with one attached hydrogen (secondary N) is 1. The summed E-state index contributed by atoms with van der Waals surface area (Å²) in [6.45, 7) is 0.978. The van der Waals surface area contributed by atoms with E-state index >= 15 is 0 Å². The second-order valence-electron chi connectivity index (χ2n) is 5.43. The fourth-order valence-corrected chi connectivity index (χ4v) is 3.47. The first-order chi connectivity index (χ1) is 12.0. The molecule has 25 heavy (non-hydrogen) atoms. The maximum absolute atomic E-state index is 12.2. The second-order valence-corrected chi connectivity index (χ2v) is 7.24. The molecular weight excluding hydrogens is 406 g/mol. The fraction of sp³-hybridized carbons (Fsp3) is 0.235. The Balaban J connectivity index is 1.46. The number of para-hydroxylation sites is 1. The van der Waals surface area contributed by atoms with E-state index in [2.05, 4.69) is 26.2 Å². The van der Waals surface area contributed by atoms with E-state index in [4.69, 9.17) is 4.42 Å². The van der Waals surface area contributed by atoms with Gasteiger partial charge in [0.1, 0.15) is 0 Å². The van der Waals surface area contributed by atoms with E-state index in [1.165, 1.54) is 11.3 Å². The average molecular weight is 422 g/mol. The van der Waals surface area contributed by atoms with Crippen molar-refractivity contribution in [1.29, 1.82) is 0 Å². The van der Waals surface area contributed by atoms with Crippen LogP contribution in [-0.4, -0.2) is 41.8 Å². The Morgan fingerprint density at radius 1 is 1.28 bits per heavy atom. The third-order valence-electron chi connectivity index (χ3n) is 3.57. The van der Waals surface area contributed by atoms with Crippen molar-refractivity contribution in [2.75, 3.05) is 20.1 Å². The zero-order valence-corrected chi connectivity index (χ0v) is 15.9. The van der Waals surface area contributed by atoms with Gasteiger partial charge in [-0.3, -0.25) is 9.59 Å². The Hall–Kier alpha value is -2.19. The normalized spacial score (nSPS) is 10.8. The van der Waals surface area contributed by atoms with E-state index in [-0.39, 0.29) is 17.6 Å². The van der Waals surface area contributed by atoms with Gasteiger partial charge in [0, 0.05) is 20.1 Å². The maximum Gasteiger partial charge on any atom is 0.289 e. The number of fused-ring (bicyclic) bond motifs is 1. The number of furan rings is 1. The lowest BCUT2D eigenvalue weighted by molar-refractivity contribution is 0.0760. The lowest BCUT2D eigenvalue weighted by Crippen LogP contribution is -2.31. The van der Waals surface area contributed by atoms with Gasteiger partial charge in [-0.25, -0.2) is 4.98 Å². The van der Waals surface area contributed by atoms with Gasteiger partial charge in [-0.15, -0.1) is 11.3 Å². The van der Waals surface area contributed by atoms with Gasteiger partial charge in [-0.2, -0.15) is 0 Å². The largest absolute Gasteiger partial charge is 0.444 e. The van der Waals surface area contributed by atoms with E-state index in [0.717, 1.165) is 10.2 Å². The number of benzene rings is 1. The highest BCUT2D eigenvalue weighted by atomic mass is 79.9. The van der Waals surface area contributed by atoms with Crippen molar-refractivity contribution in [2.24, 2.45) is 0 Å². The highest BCUT2D eigenvalue weighted by Crippen LogP contribution is 2.21. The molecule has 0 radical (unpaired) electrons. The first-order valence-electron chi connectivity index (χ1n) is 7.69. The van der Waals surface area contributed by atoms with Gasteiger partial charge >= 0.3 is 0 Å². The molecule has 0 unspecified atom stereocenters. The van der Waals surface area contributed by atoms with Crippen molar-refractivity contribution in [3.63, 3.8) is 0 Å². The summed E-state index contributed by atoms with van der Waals surface area (Å²) in [7, 11) is 1.70. The first-order valence-corrected chi connectivity index (χ1v) is 9.30. The highest BCUT2D eigenvalue weighted by molar-refractivity contribution is 9.10. The van der Waals surface area contributed by atoms with Crippen LogP contribution >= 0.6 is 27.3 Å². The third kappa shape index (κ3) is 4.26. The van der Waals surface area contributed by atoms with Crippen molar-refractivity contribution in [3.8, 4) is 0 Å². The van der Waals surface area contributed by atoms with Crippen molar-refractivity contribution >= 4 is 49.3 Å². The molecule has 2 heterocycles. The highest BCUT2D eigenvalue weighted by Gasteiger charge is 2.16. The van der Waals surface area contributed by atoms with Gasteiger partial charge in [0.05, 0.1) is 10.2 Å². The molecule has 8 heteroatoms. The van der Waals surface area contributed by atoms with Crippen molar-refractivity contribution in [3.05, 3.63) is 51.8 Å². The summed E-state index contributed by atoms with van der Waals surface area (Å²) in [5, 5.41) is 3.29. The summed E-state index contributed by atoms with van der Waals surface area (Å²) in [6, 6.07) is 10.9. The number of rotatable bonds is 6. The minimum atomic E-state index is -0.191. The Morgan fingerprint density at radius 3 is 2.80 bits per heavy atom. The van der Waals surface area contributed by atoms with E-state index in [1.807, 2.05) is 24.3 Å². The lowest BCUT2D eigenvalue weighted by Gasteiger charge is -2.15. The van der Waals surface area contributed by atoms with Crippen LogP contribution < -0.4 is 5.32 Å². The molecule has 0 bridgehead atoms. The third-order valence-corrected chi connectivity index (χ3v) is 5.04. The van der Waals surface area contributed by atoms with Gasteiger partial charge < -0.3 is 14.6 Å². The SMILES string of the molecule is CN(CCCNC(=O)c1nc2ccccc2s1)C(=O)c1ccc(Br)o1. The van der Waals surface area contributed by atoms with E-state index in [1.54, 1.807) is 24.1 Å². The quantitative estimate of drug-likeness (QED) is 0.617. The van der Waals surface area contributed by atoms with E-state index < -0.39 is 0 Å². The molecule has 0 aliphatic heterocycles. The van der Waals surface area contributed by atoms with Crippen molar-refractivity contribution in [1.82, 2.24) is 15.2 Å². The van der Waals surface area contributed by atoms with Crippen LogP contribution in [0.3, 0.4) is 0 Å². The number of halogens is 1. The molecule has 3 rings (SSSR count). The summed E-state index contributed by atoms with van der Waals surface area (Å²) >= 11 is 4.54. The van der Waals surface area contributed by atoms with Crippen LogP contribution in [0.4, 0.5) is 0 Å². The Kier molecular flexibility index (Phi) is 5.50. The summed E-state index contributed by atoms with van der Waals surface area (Å²) < 4.78 is 6.76. The monoisotopic (exact) mass is 421 g/mol. The molecule has 0 aliphatic carbocycles. The van der Waals surface area contributed by atoms with E-state index in [0.29, 0.717) is 29.2 Å². The van der Waals surface area contributed by atoms with Crippen LogP contribution in [0.25, 0.3) is 10.2 Å². The molecule has 0 fully saturated rings. The molecule has 2 aromatic heterocycles. The first kappa shape index (κ1) is 17.6. The van der Waals surface area contributed by atoms with Crippen LogP contribution in [0.1, 0.15) is 26.8 Å². The number of hydrogen-bond donors (Lipinski definition) is 1. The van der Waals surface area contributed by atoms with Crippen LogP contribution in [0.2, 0.25) is 0 Å². The second kappa shape index (κ2) is 7.79. The van der Waals surface area contributed by atoms with Gasteiger partial charge in [0.25, 0.3) is 11.8 Å².